The number of carbonyl (C=O) groups excluding carboxylic acids is 1. The van der Waals surface area contributed by atoms with Crippen LogP contribution < -0.4 is 4.74 Å². The van der Waals surface area contributed by atoms with Crippen molar-refractivity contribution in [3.63, 3.8) is 0 Å². The van der Waals surface area contributed by atoms with Crippen LogP contribution in [0.5, 0.6) is 5.75 Å². The number of ether oxygens (including phenoxy) is 1. The molecule has 0 bridgehead atoms. The molecule has 110 valence electrons. The highest BCUT2D eigenvalue weighted by Gasteiger charge is 2.37. The van der Waals surface area contributed by atoms with E-state index in [9.17, 15) is 4.79 Å². The van der Waals surface area contributed by atoms with Crippen LogP contribution in [-0.2, 0) is 16.6 Å². The normalized spacial score (nSPS) is 23.7. The second-order valence-corrected chi connectivity index (χ2v) is 6.47. The molecule has 0 unspecified atom stereocenters. The Hall–Kier alpha value is -1.83. The lowest BCUT2D eigenvalue weighted by Gasteiger charge is -2.39. The van der Waals surface area contributed by atoms with Crippen molar-refractivity contribution in [3.05, 3.63) is 52.6 Å². The molecule has 1 aromatic rings. The van der Waals surface area contributed by atoms with E-state index in [4.69, 9.17) is 4.74 Å². The van der Waals surface area contributed by atoms with Gasteiger partial charge < -0.3 is 4.74 Å². The predicted octanol–water partition coefficient (Wildman–Crippen LogP) is 4.09. The number of ketones is 1. The van der Waals surface area contributed by atoms with Gasteiger partial charge in [0, 0.05) is 11.0 Å². The third-order valence-corrected chi connectivity index (χ3v) is 4.88. The van der Waals surface area contributed by atoms with Crippen molar-refractivity contribution >= 4 is 5.78 Å². The van der Waals surface area contributed by atoms with Gasteiger partial charge in [-0.25, -0.2) is 0 Å². The highest BCUT2D eigenvalue weighted by Crippen LogP contribution is 2.47. The summed E-state index contributed by atoms with van der Waals surface area (Å²) in [5, 5.41) is 0. The van der Waals surface area contributed by atoms with E-state index >= 15 is 0 Å². The molecule has 0 spiro atoms. The molecule has 0 saturated carbocycles. The average Bonchev–Trinajstić information content (AvgIpc) is 2.46. The minimum Gasteiger partial charge on any atom is -0.496 e. The van der Waals surface area contributed by atoms with Crippen LogP contribution in [0.3, 0.4) is 0 Å². The van der Waals surface area contributed by atoms with Gasteiger partial charge in [-0.2, -0.15) is 0 Å². The number of rotatable bonds is 2. The molecule has 2 heteroatoms. The number of fused-ring (bicyclic) bond motifs is 3. The SMILES string of the molecule is COc1ccc2c(c1C(C)C)CCC1=CC(=O)C=C[C@]12C. The zero-order valence-corrected chi connectivity index (χ0v) is 13.2. The molecule has 0 radical (unpaired) electrons. The zero-order chi connectivity index (χ0) is 15.2. The molecule has 0 aliphatic heterocycles. The quantitative estimate of drug-likeness (QED) is 0.816. The number of hydrogen-bond donors (Lipinski definition) is 0. The standard InChI is InChI=1S/C19H22O2/c1-12(2)18-15-6-5-13-11-14(20)9-10-19(13,3)16(15)7-8-17(18)21-4/h7-12H,5-6H2,1-4H3/t19-/m1/s1. The van der Waals surface area contributed by atoms with Crippen LogP contribution in [0, 0.1) is 0 Å². The van der Waals surface area contributed by atoms with E-state index in [0.29, 0.717) is 5.92 Å². The van der Waals surface area contributed by atoms with Gasteiger partial charge in [0.05, 0.1) is 7.11 Å². The summed E-state index contributed by atoms with van der Waals surface area (Å²) < 4.78 is 5.57. The van der Waals surface area contributed by atoms with Gasteiger partial charge in [0.2, 0.25) is 0 Å². The van der Waals surface area contributed by atoms with Gasteiger partial charge in [-0.05, 0) is 55.0 Å². The maximum atomic E-state index is 11.7. The van der Waals surface area contributed by atoms with Gasteiger partial charge >= 0.3 is 0 Å². The largest absolute Gasteiger partial charge is 0.496 e. The van der Waals surface area contributed by atoms with Gasteiger partial charge in [0.25, 0.3) is 0 Å². The Morgan fingerprint density at radius 3 is 2.67 bits per heavy atom. The maximum Gasteiger partial charge on any atom is 0.178 e. The number of hydrogen-bond acceptors (Lipinski definition) is 2. The summed E-state index contributed by atoms with van der Waals surface area (Å²) in [5.41, 5.74) is 5.15. The summed E-state index contributed by atoms with van der Waals surface area (Å²) in [6.07, 6.45) is 7.54. The first-order chi connectivity index (χ1) is 9.97. The summed E-state index contributed by atoms with van der Waals surface area (Å²) >= 11 is 0. The Morgan fingerprint density at radius 2 is 2.00 bits per heavy atom. The summed E-state index contributed by atoms with van der Waals surface area (Å²) in [6, 6.07) is 4.25. The van der Waals surface area contributed by atoms with Crippen molar-refractivity contribution in [2.45, 2.75) is 44.9 Å². The first kappa shape index (κ1) is 14.1. The molecule has 0 aromatic heterocycles. The highest BCUT2D eigenvalue weighted by atomic mass is 16.5. The highest BCUT2D eigenvalue weighted by molar-refractivity contribution is 6.01. The smallest absolute Gasteiger partial charge is 0.178 e. The van der Waals surface area contributed by atoms with Crippen LogP contribution in [0.15, 0.2) is 35.9 Å². The summed E-state index contributed by atoms with van der Waals surface area (Å²) in [6.45, 7) is 6.65. The molecule has 2 aliphatic rings. The van der Waals surface area contributed by atoms with Gasteiger partial charge in [0.15, 0.2) is 5.78 Å². The van der Waals surface area contributed by atoms with Crippen LogP contribution in [-0.4, -0.2) is 12.9 Å². The maximum absolute atomic E-state index is 11.7. The van der Waals surface area contributed by atoms with Crippen molar-refractivity contribution in [3.8, 4) is 5.75 Å². The van der Waals surface area contributed by atoms with Crippen molar-refractivity contribution in [2.75, 3.05) is 7.11 Å². The Morgan fingerprint density at radius 1 is 1.24 bits per heavy atom. The molecule has 3 rings (SSSR count). The number of methoxy groups -OCH3 is 1. The minimum absolute atomic E-state index is 0.114. The lowest BCUT2D eigenvalue weighted by molar-refractivity contribution is -0.110. The van der Waals surface area contributed by atoms with E-state index in [1.807, 2.05) is 6.08 Å². The summed E-state index contributed by atoms with van der Waals surface area (Å²) in [4.78, 5) is 11.7. The van der Waals surface area contributed by atoms with Crippen LogP contribution in [0.4, 0.5) is 0 Å². The molecule has 21 heavy (non-hydrogen) atoms. The van der Waals surface area contributed by atoms with Crippen LogP contribution >= 0.6 is 0 Å². The number of benzene rings is 1. The number of allylic oxidation sites excluding steroid dienone is 4. The molecule has 2 aliphatic carbocycles. The fourth-order valence-corrected chi connectivity index (χ4v) is 3.79. The fourth-order valence-electron chi connectivity index (χ4n) is 3.79. The van der Waals surface area contributed by atoms with Crippen LogP contribution in [0.1, 0.15) is 49.8 Å². The van der Waals surface area contributed by atoms with E-state index < -0.39 is 0 Å². The number of carbonyl (C=O) groups is 1. The van der Waals surface area contributed by atoms with E-state index in [-0.39, 0.29) is 11.2 Å². The molecular weight excluding hydrogens is 260 g/mol. The van der Waals surface area contributed by atoms with Crippen molar-refractivity contribution in [2.24, 2.45) is 0 Å². The molecule has 0 fully saturated rings. The lowest BCUT2D eigenvalue weighted by atomic mass is 9.64. The van der Waals surface area contributed by atoms with Gasteiger partial charge in [0.1, 0.15) is 5.75 Å². The summed E-state index contributed by atoms with van der Waals surface area (Å²) in [5.74, 6) is 1.53. The van der Waals surface area contributed by atoms with Gasteiger partial charge in [-0.15, -0.1) is 0 Å². The molecule has 1 aromatic carbocycles. The molecule has 0 saturated heterocycles. The molecular formula is C19H22O2. The van der Waals surface area contributed by atoms with E-state index in [1.165, 1.54) is 22.3 Å². The Bertz CT molecular complexity index is 664. The van der Waals surface area contributed by atoms with Gasteiger partial charge in [-0.1, -0.05) is 31.6 Å². The van der Waals surface area contributed by atoms with Crippen molar-refractivity contribution in [1.82, 2.24) is 0 Å². The van der Waals surface area contributed by atoms with Crippen LogP contribution in [0.2, 0.25) is 0 Å². The Balaban J connectivity index is 2.24. The molecule has 0 amide bonds. The molecule has 1 atom stereocenters. The molecule has 0 heterocycles. The Labute approximate surface area is 126 Å². The lowest BCUT2D eigenvalue weighted by Crippen LogP contribution is -2.31. The topological polar surface area (TPSA) is 26.3 Å². The predicted molar refractivity (Wildman–Crippen MR) is 85.0 cm³/mol. The monoisotopic (exact) mass is 282 g/mol. The van der Waals surface area contributed by atoms with Crippen LogP contribution in [0.25, 0.3) is 0 Å². The van der Waals surface area contributed by atoms with E-state index in [2.05, 4.69) is 39.0 Å². The first-order valence-electron chi connectivity index (χ1n) is 7.62. The fraction of sp³-hybridized carbons (Fsp3) is 0.421. The average molecular weight is 282 g/mol. The minimum atomic E-state index is -0.141. The van der Waals surface area contributed by atoms with Gasteiger partial charge in [-0.3, -0.25) is 4.79 Å². The second kappa shape index (κ2) is 4.87. The zero-order valence-electron chi connectivity index (χ0n) is 13.2. The van der Waals surface area contributed by atoms with Crippen molar-refractivity contribution < 1.29 is 9.53 Å². The third kappa shape index (κ3) is 2.05. The first-order valence-corrected chi connectivity index (χ1v) is 7.62. The molecule has 0 N–H and O–H groups in total. The molecule has 2 nitrogen and oxygen atoms in total. The van der Waals surface area contributed by atoms with E-state index in [1.54, 1.807) is 13.2 Å². The third-order valence-electron chi connectivity index (χ3n) is 4.88. The summed E-state index contributed by atoms with van der Waals surface area (Å²) in [7, 11) is 1.74. The van der Waals surface area contributed by atoms with Crippen molar-refractivity contribution in [1.29, 1.82) is 0 Å². The van der Waals surface area contributed by atoms with E-state index in [0.717, 1.165) is 18.6 Å². The Kier molecular flexibility index (Phi) is 3.27. The second-order valence-electron chi connectivity index (χ2n) is 6.47.